The number of thiophene rings is 1. The predicted octanol–water partition coefficient (Wildman–Crippen LogP) is 2.29. The molecule has 4 heterocycles. The first-order valence-corrected chi connectivity index (χ1v) is 13.9. The summed E-state index contributed by atoms with van der Waals surface area (Å²) in [6, 6.07) is 4.05. The second-order valence-electron chi connectivity index (χ2n) is 9.94. The number of halogens is 1. The summed E-state index contributed by atoms with van der Waals surface area (Å²) in [5.74, 6) is -0.543. The third-order valence-corrected chi connectivity index (χ3v) is 8.67. The van der Waals surface area contributed by atoms with Gasteiger partial charge in [0.05, 0.1) is 44.6 Å². The van der Waals surface area contributed by atoms with Crippen molar-refractivity contribution >= 4 is 27.5 Å². The Kier molecular flexibility index (Phi) is 8.07. The van der Waals surface area contributed by atoms with E-state index in [1.54, 1.807) is 13.8 Å². The number of benzene rings is 1. The molecule has 1 N–H and O–H groups in total. The summed E-state index contributed by atoms with van der Waals surface area (Å²) in [6.45, 7) is 4.10. The summed E-state index contributed by atoms with van der Waals surface area (Å²) in [5.41, 5.74) is -1.73. The fourth-order valence-electron chi connectivity index (χ4n) is 5.23. The van der Waals surface area contributed by atoms with E-state index in [-0.39, 0.29) is 25.1 Å². The van der Waals surface area contributed by atoms with Gasteiger partial charge in [0, 0.05) is 24.8 Å². The van der Waals surface area contributed by atoms with E-state index in [1.807, 2.05) is 0 Å². The van der Waals surface area contributed by atoms with Crippen LogP contribution in [0.25, 0.3) is 15.2 Å². The van der Waals surface area contributed by atoms with Gasteiger partial charge in [-0.3, -0.25) is 14.2 Å². The number of fused-ring (bicyclic) bond motifs is 1. The van der Waals surface area contributed by atoms with Gasteiger partial charge < -0.3 is 19.5 Å². The van der Waals surface area contributed by atoms with Crippen molar-refractivity contribution in [1.82, 2.24) is 29.4 Å². The van der Waals surface area contributed by atoms with Crippen molar-refractivity contribution in [2.24, 2.45) is 0 Å². The Balaban J connectivity index is 1.78. The van der Waals surface area contributed by atoms with Gasteiger partial charge in [0.25, 0.3) is 5.56 Å². The van der Waals surface area contributed by atoms with E-state index in [2.05, 4.69) is 15.5 Å². The normalized spacial score (nSPS) is 18.0. The van der Waals surface area contributed by atoms with Crippen LogP contribution in [0.2, 0.25) is 0 Å². The molecule has 0 spiro atoms. The Hall–Kier alpha value is -3.88. The second kappa shape index (κ2) is 11.5. The molecule has 218 valence electrons. The quantitative estimate of drug-likeness (QED) is 0.280. The predicted molar refractivity (Wildman–Crippen MR) is 149 cm³/mol. The van der Waals surface area contributed by atoms with Crippen LogP contribution < -0.4 is 21.3 Å². The maximum absolute atomic E-state index is 14.5. The zero-order valence-electron chi connectivity index (χ0n) is 23.2. The van der Waals surface area contributed by atoms with E-state index in [0.29, 0.717) is 46.1 Å². The first-order valence-electron chi connectivity index (χ1n) is 13.1. The number of hydrogen-bond donors (Lipinski definition) is 1. The molecule has 3 aromatic heterocycles. The summed E-state index contributed by atoms with van der Waals surface area (Å²) in [5, 5.41) is 12.0. The number of aryl methyl sites for hydroxylation is 1. The number of amides is 1. The molecule has 1 saturated heterocycles. The van der Waals surface area contributed by atoms with Crippen molar-refractivity contribution in [2.75, 3.05) is 34.0 Å². The van der Waals surface area contributed by atoms with E-state index in [1.165, 1.54) is 65.5 Å². The fourth-order valence-corrected chi connectivity index (χ4v) is 6.45. The number of aromatic nitrogens is 5. The highest BCUT2D eigenvalue weighted by Gasteiger charge is 2.41. The Bertz CT molecular complexity index is 1700. The Morgan fingerprint density at radius 1 is 1.17 bits per heavy atom. The van der Waals surface area contributed by atoms with Crippen LogP contribution in [0.4, 0.5) is 4.39 Å². The molecule has 14 heteroatoms. The van der Waals surface area contributed by atoms with Crippen molar-refractivity contribution in [1.29, 1.82) is 0 Å². The van der Waals surface area contributed by atoms with E-state index in [0.717, 1.165) is 4.57 Å². The number of carbonyl (C=O) groups excluding carboxylic acids is 1. The topological polar surface area (TPSA) is 132 Å². The maximum Gasteiger partial charge on any atom is 0.333 e. The van der Waals surface area contributed by atoms with Crippen LogP contribution in [-0.2, 0) is 26.4 Å². The lowest BCUT2D eigenvalue weighted by Crippen LogP contribution is -2.59. The molecule has 1 amide bonds. The minimum atomic E-state index is -1.41. The van der Waals surface area contributed by atoms with Crippen LogP contribution in [0, 0.1) is 12.7 Å². The lowest BCUT2D eigenvalue weighted by Gasteiger charge is -2.34. The van der Waals surface area contributed by atoms with Gasteiger partial charge in [0.2, 0.25) is 5.91 Å². The molecule has 2 atom stereocenters. The lowest BCUT2D eigenvalue weighted by molar-refractivity contribution is -0.131. The van der Waals surface area contributed by atoms with E-state index in [4.69, 9.17) is 14.2 Å². The minimum Gasteiger partial charge on any atom is -0.496 e. The third kappa shape index (κ3) is 5.06. The Labute approximate surface area is 238 Å². The van der Waals surface area contributed by atoms with E-state index >= 15 is 0 Å². The van der Waals surface area contributed by atoms with Crippen molar-refractivity contribution in [3.63, 3.8) is 0 Å². The van der Waals surface area contributed by atoms with Gasteiger partial charge in [-0.05, 0) is 44.9 Å². The SMILES string of the molecule is COCCO[C@@H](Cn1c(=O)n(C2(C)CCCNC2=O)c(=O)c2c(C)c(-n3nccn3)sc21)c1cc(F)ccc1OC. The highest BCUT2D eigenvalue weighted by Crippen LogP contribution is 2.35. The van der Waals surface area contributed by atoms with Crippen LogP contribution >= 0.6 is 11.3 Å². The molecule has 0 saturated carbocycles. The molecule has 4 aromatic rings. The van der Waals surface area contributed by atoms with Gasteiger partial charge in [-0.2, -0.15) is 10.2 Å². The largest absolute Gasteiger partial charge is 0.496 e. The van der Waals surface area contributed by atoms with Crippen LogP contribution in [0.1, 0.15) is 37.0 Å². The van der Waals surface area contributed by atoms with Gasteiger partial charge in [-0.15, -0.1) is 4.80 Å². The molecule has 1 fully saturated rings. The summed E-state index contributed by atoms with van der Waals surface area (Å²) in [4.78, 5) is 43.3. The molecular weight excluding hydrogens is 555 g/mol. The molecule has 1 unspecified atom stereocenters. The monoisotopic (exact) mass is 586 g/mol. The number of nitrogens with one attached hydrogen (secondary N) is 1. The van der Waals surface area contributed by atoms with Crippen molar-refractivity contribution in [3.8, 4) is 10.8 Å². The van der Waals surface area contributed by atoms with Crippen molar-refractivity contribution in [2.45, 2.75) is 44.9 Å². The third-order valence-electron chi connectivity index (χ3n) is 7.39. The van der Waals surface area contributed by atoms with Gasteiger partial charge in [-0.1, -0.05) is 11.3 Å². The number of ether oxygens (including phenoxy) is 3. The average Bonchev–Trinajstić information content (AvgIpc) is 3.60. The zero-order chi connectivity index (χ0) is 29.3. The number of methoxy groups -OCH3 is 2. The molecular formula is C27H31FN6O6S. The molecule has 0 radical (unpaired) electrons. The standard InChI is InChI=1S/C27H31FN6O6S/c1-16-21-22(35)33(27(2)8-5-9-29-25(27)36)26(37)32(24(21)41-23(16)34-30-10-11-31-34)15-20(40-13-12-38-3)18-14-17(28)6-7-19(18)39-4/h6-7,10-11,14,20H,5,8-9,12-13,15H2,1-4H3,(H,29,36)/t20-,27?/m0/s1. The first kappa shape index (κ1) is 28.6. The van der Waals surface area contributed by atoms with Gasteiger partial charge in [-0.25, -0.2) is 13.8 Å². The fraction of sp³-hybridized carbons (Fsp3) is 0.444. The van der Waals surface area contributed by atoms with E-state index in [9.17, 15) is 18.8 Å². The Morgan fingerprint density at radius 3 is 2.61 bits per heavy atom. The number of carbonyl (C=O) groups is 1. The summed E-state index contributed by atoms with van der Waals surface area (Å²) >= 11 is 1.17. The Morgan fingerprint density at radius 2 is 1.93 bits per heavy atom. The second-order valence-corrected chi connectivity index (χ2v) is 10.9. The summed E-state index contributed by atoms with van der Waals surface area (Å²) < 4.78 is 33.7. The number of nitrogens with zero attached hydrogens (tertiary/aromatic N) is 5. The molecule has 1 aliphatic rings. The van der Waals surface area contributed by atoms with E-state index < -0.39 is 34.6 Å². The molecule has 1 aliphatic heterocycles. The zero-order valence-corrected chi connectivity index (χ0v) is 24.0. The van der Waals surface area contributed by atoms with Crippen LogP contribution in [0.3, 0.4) is 0 Å². The molecule has 5 rings (SSSR count). The lowest BCUT2D eigenvalue weighted by atomic mass is 9.91. The molecule has 1 aromatic carbocycles. The number of piperidine rings is 1. The highest BCUT2D eigenvalue weighted by molar-refractivity contribution is 7.21. The van der Waals surface area contributed by atoms with Gasteiger partial charge >= 0.3 is 5.69 Å². The molecule has 0 aliphatic carbocycles. The summed E-state index contributed by atoms with van der Waals surface area (Å²) in [7, 11) is 2.99. The first-order chi connectivity index (χ1) is 19.7. The van der Waals surface area contributed by atoms with Crippen LogP contribution in [0.5, 0.6) is 5.75 Å². The smallest absolute Gasteiger partial charge is 0.333 e. The van der Waals surface area contributed by atoms with Gasteiger partial charge in [0.15, 0.2) is 0 Å². The van der Waals surface area contributed by atoms with Crippen molar-refractivity contribution in [3.05, 3.63) is 68.4 Å². The molecule has 41 heavy (non-hydrogen) atoms. The molecule has 12 nitrogen and oxygen atoms in total. The van der Waals surface area contributed by atoms with Crippen LogP contribution in [0.15, 0.2) is 40.2 Å². The molecule has 0 bridgehead atoms. The van der Waals surface area contributed by atoms with Crippen molar-refractivity contribution < 1.29 is 23.4 Å². The van der Waals surface area contributed by atoms with Gasteiger partial charge in [0.1, 0.15) is 33.0 Å². The minimum absolute atomic E-state index is 0.108. The van der Waals surface area contributed by atoms with Crippen LogP contribution in [-0.4, -0.2) is 64.0 Å². The highest BCUT2D eigenvalue weighted by atomic mass is 32.1. The summed E-state index contributed by atoms with van der Waals surface area (Å²) in [6.07, 6.45) is 3.06. The maximum atomic E-state index is 14.5. The average molecular weight is 587 g/mol. The number of hydrogen-bond acceptors (Lipinski definition) is 9. The number of rotatable bonds is 10.